The summed E-state index contributed by atoms with van der Waals surface area (Å²) in [6.07, 6.45) is 0. The normalized spacial score (nSPS) is 9.62. The molecule has 0 radical (unpaired) electrons. The van der Waals surface area contributed by atoms with Crippen molar-refractivity contribution in [3.63, 3.8) is 0 Å². The number of hydrogen-bond donors (Lipinski definition) is 2. The fourth-order valence-corrected chi connectivity index (χ4v) is 1.09. The fraction of sp³-hybridized carbons (Fsp3) is 0.125. The summed E-state index contributed by atoms with van der Waals surface area (Å²) in [7, 11) is 0. The van der Waals surface area contributed by atoms with E-state index in [0.717, 1.165) is 0 Å². The summed E-state index contributed by atoms with van der Waals surface area (Å²) in [5, 5.41) is 9.13. The lowest BCUT2D eigenvalue weighted by molar-refractivity contribution is -0.119. The molecule has 0 atom stereocenters. The Labute approximate surface area is 83.4 Å². The van der Waals surface area contributed by atoms with Gasteiger partial charge in [0.15, 0.2) is 6.61 Å². The van der Waals surface area contributed by atoms with Gasteiger partial charge in [-0.15, -0.1) is 0 Å². The molecule has 0 saturated carbocycles. The first kappa shape index (κ1) is 9.85. The van der Waals surface area contributed by atoms with Crippen LogP contribution in [0.3, 0.4) is 0 Å². The van der Waals surface area contributed by atoms with Crippen molar-refractivity contribution in [2.24, 2.45) is 5.73 Å². The molecule has 13 heavy (non-hydrogen) atoms. The van der Waals surface area contributed by atoms with Crippen molar-refractivity contribution >= 4 is 21.8 Å². The molecular weight excluding hydrogens is 238 g/mol. The van der Waals surface area contributed by atoms with Gasteiger partial charge in [-0.3, -0.25) is 4.79 Å². The molecule has 1 rings (SSSR count). The van der Waals surface area contributed by atoms with E-state index in [4.69, 9.17) is 15.6 Å². The van der Waals surface area contributed by atoms with Gasteiger partial charge in [-0.1, -0.05) is 0 Å². The molecule has 0 aromatic heterocycles. The van der Waals surface area contributed by atoms with E-state index < -0.39 is 5.91 Å². The van der Waals surface area contributed by atoms with Crippen molar-refractivity contribution in [3.05, 3.63) is 22.7 Å². The van der Waals surface area contributed by atoms with Gasteiger partial charge in [0.25, 0.3) is 5.91 Å². The predicted molar refractivity (Wildman–Crippen MR) is 50.5 cm³/mol. The number of benzene rings is 1. The predicted octanol–water partition coefficient (Wildman–Crippen LogP) is 1.02. The highest BCUT2D eigenvalue weighted by Gasteiger charge is 2.01. The number of primary amides is 1. The number of carbonyl (C=O) groups is 1. The van der Waals surface area contributed by atoms with Gasteiger partial charge in [0, 0.05) is 0 Å². The Bertz CT molecular complexity index is 327. The van der Waals surface area contributed by atoms with Crippen molar-refractivity contribution in [1.29, 1.82) is 0 Å². The van der Waals surface area contributed by atoms with Crippen LogP contribution in [0.1, 0.15) is 0 Å². The molecule has 5 heteroatoms. The zero-order chi connectivity index (χ0) is 9.84. The van der Waals surface area contributed by atoms with E-state index in [1.807, 2.05) is 0 Å². The van der Waals surface area contributed by atoms with Crippen LogP contribution in [0.15, 0.2) is 22.7 Å². The summed E-state index contributed by atoms with van der Waals surface area (Å²) in [5.74, 6) is 0.0547. The minimum absolute atomic E-state index is 0.117. The van der Waals surface area contributed by atoms with Crippen molar-refractivity contribution < 1.29 is 14.6 Å². The van der Waals surface area contributed by atoms with Crippen LogP contribution in [0, 0.1) is 0 Å². The highest BCUT2D eigenvalue weighted by Crippen LogP contribution is 2.27. The maximum absolute atomic E-state index is 10.4. The van der Waals surface area contributed by atoms with E-state index in [0.29, 0.717) is 10.2 Å². The lowest BCUT2D eigenvalue weighted by Crippen LogP contribution is -2.19. The summed E-state index contributed by atoms with van der Waals surface area (Å²) >= 11 is 3.11. The average molecular weight is 246 g/mol. The second-order valence-electron chi connectivity index (χ2n) is 2.37. The molecule has 70 valence electrons. The Hall–Kier alpha value is -1.23. The first-order chi connectivity index (χ1) is 6.09. The Morgan fingerprint density at radius 2 is 2.31 bits per heavy atom. The maximum atomic E-state index is 10.4. The first-order valence-corrected chi connectivity index (χ1v) is 4.28. The summed E-state index contributed by atoms with van der Waals surface area (Å²) in [6, 6.07) is 4.56. The number of aromatic hydroxyl groups is 1. The molecular formula is C8H8BrNO3. The quantitative estimate of drug-likeness (QED) is 0.836. The smallest absolute Gasteiger partial charge is 0.255 e. The number of phenolic OH excluding ortho intramolecular Hbond substituents is 1. The van der Waals surface area contributed by atoms with Crippen LogP contribution >= 0.6 is 15.9 Å². The van der Waals surface area contributed by atoms with Crippen LogP contribution in [0.2, 0.25) is 0 Å². The molecule has 0 aliphatic heterocycles. The van der Waals surface area contributed by atoms with Gasteiger partial charge in [0.05, 0.1) is 4.47 Å². The molecule has 0 fully saturated rings. The molecule has 0 heterocycles. The van der Waals surface area contributed by atoms with Crippen LogP contribution < -0.4 is 10.5 Å². The Balaban J connectivity index is 2.68. The van der Waals surface area contributed by atoms with E-state index in [1.165, 1.54) is 6.07 Å². The zero-order valence-corrected chi connectivity index (χ0v) is 8.24. The van der Waals surface area contributed by atoms with Gasteiger partial charge in [0.1, 0.15) is 11.5 Å². The number of nitrogens with two attached hydrogens (primary N) is 1. The van der Waals surface area contributed by atoms with E-state index in [-0.39, 0.29) is 12.4 Å². The minimum Gasteiger partial charge on any atom is -0.507 e. The monoisotopic (exact) mass is 245 g/mol. The number of hydrogen-bond acceptors (Lipinski definition) is 3. The summed E-state index contributed by atoms with van der Waals surface area (Å²) in [4.78, 5) is 10.4. The Morgan fingerprint density at radius 1 is 1.62 bits per heavy atom. The van der Waals surface area contributed by atoms with Gasteiger partial charge in [-0.2, -0.15) is 0 Å². The molecule has 0 unspecified atom stereocenters. The standard InChI is InChI=1S/C8H8BrNO3/c9-6-3-5(1-2-7(6)11)13-4-8(10)12/h1-3,11H,4H2,(H2,10,12). The van der Waals surface area contributed by atoms with Gasteiger partial charge in [0.2, 0.25) is 0 Å². The highest BCUT2D eigenvalue weighted by atomic mass is 79.9. The zero-order valence-electron chi connectivity index (χ0n) is 6.66. The van der Waals surface area contributed by atoms with E-state index in [1.54, 1.807) is 12.1 Å². The minimum atomic E-state index is -0.538. The van der Waals surface area contributed by atoms with Gasteiger partial charge in [-0.25, -0.2) is 0 Å². The molecule has 1 amide bonds. The Kier molecular flexibility index (Phi) is 3.13. The van der Waals surface area contributed by atoms with Crippen molar-refractivity contribution in [2.75, 3.05) is 6.61 Å². The van der Waals surface area contributed by atoms with Crippen LogP contribution in [0.4, 0.5) is 0 Å². The van der Waals surface area contributed by atoms with E-state index in [2.05, 4.69) is 15.9 Å². The number of rotatable bonds is 3. The number of phenols is 1. The molecule has 0 saturated heterocycles. The van der Waals surface area contributed by atoms with E-state index in [9.17, 15) is 4.79 Å². The van der Waals surface area contributed by atoms with Crippen LogP contribution in [-0.4, -0.2) is 17.6 Å². The molecule has 0 bridgehead atoms. The molecule has 1 aromatic carbocycles. The largest absolute Gasteiger partial charge is 0.507 e. The van der Waals surface area contributed by atoms with E-state index >= 15 is 0 Å². The summed E-state index contributed by atoms with van der Waals surface area (Å²) in [5.41, 5.74) is 4.88. The molecule has 0 spiro atoms. The number of carbonyl (C=O) groups excluding carboxylic acids is 1. The van der Waals surface area contributed by atoms with Gasteiger partial charge < -0.3 is 15.6 Å². The van der Waals surface area contributed by atoms with Crippen LogP contribution in [0.25, 0.3) is 0 Å². The highest BCUT2D eigenvalue weighted by molar-refractivity contribution is 9.10. The molecule has 4 nitrogen and oxygen atoms in total. The third-order valence-electron chi connectivity index (χ3n) is 1.30. The topological polar surface area (TPSA) is 72.6 Å². The molecule has 0 aliphatic rings. The molecule has 3 N–H and O–H groups in total. The van der Waals surface area contributed by atoms with Crippen LogP contribution in [-0.2, 0) is 4.79 Å². The maximum Gasteiger partial charge on any atom is 0.255 e. The Morgan fingerprint density at radius 3 is 2.85 bits per heavy atom. The van der Waals surface area contributed by atoms with Crippen molar-refractivity contribution in [2.45, 2.75) is 0 Å². The number of ether oxygens (including phenoxy) is 1. The van der Waals surface area contributed by atoms with Gasteiger partial charge in [-0.05, 0) is 34.1 Å². The summed E-state index contributed by atoms with van der Waals surface area (Å²) in [6.45, 7) is -0.169. The van der Waals surface area contributed by atoms with Gasteiger partial charge >= 0.3 is 0 Å². The first-order valence-electron chi connectivity index (χ1n) is 3.49. The lowest BCUT2D eigenvalue weighted by Gasteiger charge is -2.04. The molecule has 0 aliphatic carbocycles. The second kappa shape index (κ2) is 4.13. The lowest BCUT2D eigenvalue weighted by atomic mass is 10.3. The third-order valence-corrected chi connectivity index (χ3v) is 1.94. The fourth-order valence-electron chi connectivity index (χ4n) is 0.732. The molecule has 1 aromatic rings. The summed E-state index contributed by atoms with van der Waals surface area (Å²) < 4.78 is 5.50. The second-order valence-corrected chi connectivity index (χ2v) is 3.22. The van der Waals surface area contributed by atoms with Crippen molar-refractivity contribution in [3.8, 4) is 11.5 Å². The third kappa shape index (κ3) is 2.95. The number of halogens is 1. The number of amides is 1. The average Bonchev–Trinajstić information content (AvgIpc) is 2.07. The van der Waals surface area contributed by atoms with Crippen LogP contribution in [0.5, 0.6) is 11.5 Å². The van der Waals surface area contributed by atoms with Crippen molar-refractivity contribution in [1.82, 2.24) is 0 Å². The SMILES string of the molecule is NC(=O)COc1ccc(O)c(Br)c1.